The highest BCUT2D eigenvalue weighted by Gasteiger charge is 2.41. The third-order valence-electron chi connectivity index (χ3n) is 4.98. The Bertz CT molecular complexity index is 932. The van der Waals surface area contributed by atoms with E-state index in [2.05, 4.69) is 17.0 Å². The molecule has 1 aromatic heterocycles. The van der Waals surface area contributed by atoms with E-state index in [1.807, 2.05) is 0 Å². The average Bonchev–Trinajstić information content (AvgIpc) is 2.94. The van der Waals surface area contributed by atoms with Crippen LogP contribution < -0.4 is 0 Å². The number of aryl methyl sites for hydroxylation is 2. The van der Waals surface area contributed by atoms with Gasteiger partial charge in [-0.15, -0.1) is 0 Å². The lowest BCUT2D eigenvalue weighted by atomic mass is 9.76. The van der Waals surface area contributed by atoms with E-state index < -0.39 is 22.7 Å². The van der Waals surface area contributed by atoms with Gasteiger partial charge in [-0.3, -0.25) is 19.6 Å². The quantitative estimate of drug-likeness (QED) is 0.617. The van der Waals surface area contributed by atoms with Crippen LogP contribution in [0.4, 0.5) is 11.5 Å². The Balaban J connectivity index is 2.24. The number of fused-ring (bicyclic) bond motifs is 1. The Morgan fingerprint density at radius 2 is 2.15 bits per heavy atom. The normalized spacial score (nSPS) is 18.7. The van der Waals surface area contributed by atoms with E-state index >= 15 is 0 Å². The van der Waals surface area contributed by atoms with Gasteiger partial charge in [-0.25, -0.2) is 4.99 Å². The zero-order valence-corrected chi connectivity index (χ0v) is 15.5. The van der Waals surface area contributed by atoms with Gasteiger partial charge in [0, 0.05) is 36.4 Å². The molecule has 1 N–H and O–H groups in total. The predicted molar refractivity (Wildman–Crippen MR) is 101 cm³/mol. The molecule has 0 aliphatic carbocycles. The van der Waals surface area contributed by atoms with E-state index in [1.54, 1.807) is 30.8 Å². The molecule has 0 bridgehead atoms. The van der Waals surface area contributed by atoms with Gasteiger partial charge in [0.1, 0.15) is 5.92 Å². The van der Waals surface area contributed by atoms with Crippen molar-refractivity contribution in [3.63, 3.8) is 0 Å². The van der Waals surface area contributed by atoms with Crippen molar-refractivity contribution in [2.24, 2.45) is 18.0 Å². The third kappa shape index (κ3) is 3.34. The molecule has 8 nitrogen and oxygen atoms in total. The number of aromatic nitrogens is 2. The van der Waals surface area contributed by atoms with Crippen LogP contribution in [-0.4, -0.2) is 31.5 Å². The summed E-state index contributed by atoms with van der Waals surface area (Å²) in [5, 5.41) is 25.7. The highest BCUT2D eigenvalue weighted by molar-refractivity contribution is 6.04. The van der Waals surface area contributed by atoms with Crippen LogP contribution >= 0.6 is 0 Å². The first-order valence-corrected chi connectivity index (χ1v) is 8.93. The van der Waals surface area contributed by atoms with Crippen LogP contribution in [0.1, 0.15) is 49.4 Å². The van der Waals surface area contributed by atoms with Crippen molar-refractivity contribution >= 4 is 23.2 Å². The minimum Gasteiger partial charge on any atom is -0.481 e. The van der Waals surface area contributed by atoms with E-state index in [-0.39, 0.29) is 5.69 Å². The summed E-state index contributed by atoms with van der Waals surface area (Å²) >= 11 is 0. The van der Waals surface area contributed by atoms with Gasteiger partial charge in [-0.2, -0.15) is 5.10 Å². The molecule has 1 aromatic carbocycles. The summed E-state index contributed by atoms with van der Waals surface area (Å²) < 4.78 is 1.67. The van der Waals surface area contributed by atoms with Crippen LogP contribution in [0.5, 0.6) is 0 Å². The van der Waals surface area contributed by atoms with Crippen molar-refractivity contribution < 1.29 is 14.8 Å². The van der Waals surface area contributed by atoms with Crippen LogP contribution in [0.15, 0.2) is 29.3 Å². The predicted octanol–water partition coefficient (Wildman–Crippen LogP) is 3.61. The number of nitro benzene ring substituents is 1. The number of hydrogen-bond acceptors (Lipinski definition) is 5. The number of non-ortho nitro benzene ring substituents is 1. The van der Waals surface area contributed by atoms with Gasteiger partial charge >= 0.3 is 5.97 Å². The standard InChI is InChI=1S/C19H22N4O4/c1-4-5-9-14-17-16(12-7-6-8-13(10-12)23(26)27)15(19(24)25)11(2)20-18(17)22(3)21-14/h6-8,10,15-16H,4-5,9H2,1-3H3,(H,24,25). The number of carbonyl (C=O) groups is 1. The highest BCUT2D eigenvalue weighted by atomic mass is 16.6. The summed E-state index contributed by atoms with van der Waals surface area (Å²) in [4.78, 5) is 27.3. The van der Waals surface area contributed by atoms with Crippen LogP contribution in [-0.2, 0) is 18.3 Å². The molecule has 1 aliphatic rings. The van der Waals surface area contributed by atoms with Gasteiger partial charge < -0.3 is 5.11 Å². The summed E-state index contributed by atoms with van der Waals surface area (Å²) in [6.45, 7) is 3.76. The molecule has 0 fully saturated rings. The highest BCUT2D eigenvalue weighted by Crippen LogP contribution is 2.45. The second-order valence-electron chi connectivity index (χ2n) is 6.81. The number of aliphatic imine (C=N–C) groups is 1. The SMILES string of the molecule is CCCCc1nn(C)c2c1C(c1cccc([N+](=O)[O-])c1)C(C(=O)O)C(C)=N2. The zero-order valence-electron chi connectivity index (χ0n) is 15.5. The molecule has 2 atom stereocenters. The van der Waals surface area contributed by atoms with Crippen LogP contribution in [0.2, 0.25) is 0 Å². The summed E-state index contributed by atoms with van der Waals surface area (Å²) in [5.41, 5.74) is 2.59. The second kappa shape index (κ2) is 7.30. The van der Waals surface area contributed by atoms with E-state index in [4.69, 9.17) is 0 Å². The molecular formula is C19H22N4O4. The number of carboxylic acids is 1. The van der Waals surface area contributed by atoms with Crippen molar-refractivity contribution in [1.29, 1.82) is 0 Å². The number of aliphatic carboxylic acids is 1. The number of carboxylic acid groups (broad SMARTS) is 1. The number of unbranched alkanes of at least 4 members (excludes halogenated alkanes) is 1. The molecule has 27 heavy (non-hydrogen) atoms. The summed E-state index contributed by atoms with van der Waals surface area (Å²) in [6, 6.07) is 6.20. The lowest BCUT2D eigenvalue weighted by Gasteiger charge is -2.28. The first-order valence-electron chi connectivity index (χ1n) is 8.93. The lowest BCUT2D eigenvalue weighted by molar-refractivity contribution is -0.384. The fraction of sp³-hybridized carbons (Fsp3) is 0.421. The molecule has 142 valence electrons. The monoisotopic (exact) mass is 370 g/mol. The fourth-order valence-corrected chi connectivity index (χ4v) is 3.72. The molecule has 0 amide bonds. The maximum Gasteiger partial charge on any atom is 0.313 e. The molecule has 0 spiro atoms. The van der Waals surface area contributed by atoms with E-state index in [1.165, 1.54) is 12.1 Å². The van der Waals surface area contributed by atoms with Crippen molar-refractivity contribution in [3.05, 3.63) is 51.2 Å². The molecule has 2 aromatic rings. The van der Waals surface area contributed by atoms with E-state index in [0.717, 1.165) is 24.1 Å². The van der Waals surface area contributed by atoms with Gasteiger partial charge in [0.25, 0.3) is 5.69 Å². The van der Waals surface area contributed by atoms with Crippen molar-refractivity contribution in [1.82, 2.24) is 9.78 Å². The largest absolute Gasteiger partial charge is 0.481 e. The lowest BCUT2D eigenvalue weighted by Crippen LogP contribution is -2.32. The van der Waals surface area contributed by atoms with Gasteiger partial charge in [-0.1, -0.05) is 25.5 Å². The Morgan fingerprint density at radius 1 is 1.41 bits per heavy atom. The van der Waals surface area contributed by atoms with Crippen LogP contribution in [0.3, 0.4) is 0 Å². The topological polar surface area (TPSA) is 111 Å². The van der Waals surface area contributed by atoms with Gasteiger partial charge in [0.05, 0.1) is 10.6 Å². The first-order chi connectivity index (χ1) is 12.8. The minimum absolute atomic E-state index is 0.0580. The molecule has 2 unspecified atom stereocenters. The number of nitro groups is 1. The number of hydrogen-bond donors (Lipinski definition) is 1. The molecule has 0 radical (unpaired) electrons. The Morgan fingerprint density at radius 3 is 2.78 bits per heavy atom. The van der Waals surface area contributed by atoms with Crippen molar-refractivity contribution in [3.8, 4) is 0 Å². The molecular weight excluding hydrogens is 348 g/mol. The van der Waals surface area contributed by atoms with Gasteiger partial charge in [0.15, 0.2) is 5.82 Å². The summed E-state index contributed by atoms with van der Waals surface area (Å²) in [7, 11) is 1.79. The number of rotatable bonds is 6. The van der Waals surface area contributed by atoms with Gasteiger partial charge in [0.2, 0.25) is 0 Å². The molecule has 0 saturated carbocycles. The minimum atomic E-state index is -0.997. The summed E-state index contributed by atoms with van der Waals surface area (Å²) in [5.74, 6) is -1.81. The average molecular weight is 370 g/mol. The number of benzene rings is 1. The van der Waals surface area contributed by atoms with E-state index in [0.29, 0.717) is 23.5 Å². The molecule has 8 heteroatoms. The second-order valence-corrected chi connectivity index (χ2v) is 6.81. The van der Waals surface area contributed by atoms with Crippen molar-refractivity contribution in [2.45, 2.75) is 39.0 Å². The molecule has 3 rings (SSSR count). The number of nitrogens with zero attached hydrogens (tertiary/aromatic N) is 4. The Labute approximate surface area is 156 Å². The molecule has 1 aliphatic heterocycles. The van der Waals surface area contributed by atoms with Crippen LogP contribution in [0.25, 0.3) is 0 Å². The maximum absolute atomic E-state index is 12.1. The Kier molecular flexibility index (Phi) is 5.07. The molecule has 0 saturated heterocycles. The van der Waals surface area contributed by atoms with Crippen molar-refractivity contribution in [2.75, 3.05) is 0 Å². The zero-order chi connectivity index (χ0) is 19.7. The first kappa shape index (κ1) is 18.8. The Hall–Kier alpha value is -3.03. The molecule has 2 heterocycles. The van der Waals surface area contributed by atoms with Gasteiger partial charge in [-0.05, 0) is 25.3 Å². The van der Waals surface area contributed by atoms with Crippen LogP contribution in [0, 0.1) is 16.0 Å². The maximum atomic E-state index is 12.1. The smallest absolute Gasteiger partial charge is 0.313 e. The fourth-order valence-electron chi connectivity index (χ4n) is 3.72. The summed E-state index contributed by atoms with van der Waals surface area (Å²) in [6.07, 6.45) is 2.62. The van der Waals surface area contributed by atoms with E-state index in [9.17, 15) is 20.0 Å². The third-order valence-corrected chi connectivity index (χ3v) is 4.98.